The maximum Gasteiger partial charge on any atom is 0.363 e. The number of ether oxygens (including phenoxy) is 3. The monoisotopic (exact) mass is 415 g/mol. The van der Waals surface area contributed by atoms with Crippen LogP contribution in [0.5, 0.6) is 11.5 Å². The third kappa shape index (κ3) is 4.14. The fraction of sp³-hybridized carbons (Fsp3) is 0.200. The number of benzene rings is 2. The second-order valence-electron chi connectivity index (χ2n) is 5.61. The van der Waals surface area contributed by atoms with E-state index >= 15 is 0 Å². The van der Waals surface area contributed by atoms with Gasteiger partial charge >= 0.3 is 5.97 Å². The summed E-state index contributed by atoms with van der Waals surface area (Å²) in [6, 6.07) is 12.9. The molecule has 5 nitrogen and oxygen atoms in total. The number of aliphatic imine (C=N–C) groups is 1. The Labute approximate surface area is 160 Å². The van der Waals surface area contributed by atoms with Crippen molar-refractivity contribution in [2.24, 2.45) is 4.99 Å². The summed E-state index contributed by atoms with van der Waals surface area (Å²) in [5.41, 5.74) is 1.76. The number of esters is 1. The number of nitrogens with zero attached hydrogens (tertiary/aromatic N) is 1. The topological polar surface area (TPSA) is 57.1 Å². The molecule has 0 spiro atoms. The molecule has 0 atom stereocenters. The van der Waals surface area contributed by atoms with Crippen molar-refractivity contribution in [2.45, 2.75) is 13.3 Å². The van der Waals surface area contributed by atoms with E-state index in [0.717, 1.165) is 22.0 Å². The number of halogens is 1. The smallest absolute Gasteiger partial charge is 0.363 e. The van der Waals surface area contributed by atoms with E-state index in [-0.39, 0.29) is 5.70 Å². The number of cyclic esters (lactones) is 1. The molecule has 3 rings (SSSR count). The molecular formula is C20H18BrNO4. The van der Waals surface area contributed by atoms with Crippen LogP contribution in [-0.2, 0) is 9.53 Å². The highest BCUT2D eigenvalue weighted by Gasteiger charge is 2.24. The fourth-order valence-electron chi connectivity index (χ4n) is 2.42. The summed E-state index contributed by atoms with van der Waals surface area (Å²) in [6.07, 6.45) is 2.56. The lowest BCUT2D eigenvalue weighted by atomic mass is 10.1. The van der Waals surface area contributed by atoms with E-state index in [2.05, 4.69) is 20.9 Å². The van der Waals surface area contributed by atoms with Crippen LogP contribution in [0.15, 0.2) is 57.6 Å². The summed E-state index contributed by atoms with van der Waals surface area (Å²) in [7, 11) is 1.59. The summed E-state index contributed by atoms with van der Waals surface area (Å²) in [4.78, 5) is 16.5. The van der Waals surface area contributed by atoms with E-state index in [9.17, 15) is 4.79 Å². The molecule has 26 heavy (non-hydrogen) atoms. The Hall–Kier alpha value is -2.60. The van der Waals surface area contributed by atoms with Gasteiger partial charge in [0.15, 0.2) is 17.2 Å². The Kier molecular flexibility index (Phi) is 5.73. The lowest BCUT2D eigenvalue weighted by Gasteiger charge is -2.10. The highest BCUT2D eigenvalue weighted by Crippen LogP contribution is 2.30. The normalized spacial score (nSPS) is 15.0. The first-order valence-electron chi connectivity index (χ1n) is 8.20. The van der Waals surface area contributed by atoms with Crippen molar-refractivity contribution >= 4 is 33.9 Å². The predicted molar refractivity (Wildman–Crippen MR) is 104 cm³/mol. The molecule has 2 aromatic rings. The van der Waals surface area contributed by atoms with Gasteiger partial charge in [0.25, 0.3) is 0 Å². The number of rotatable bonds is 6. The molecule has 0 aliphatic carbocycles. The van der Waals surface area contributed by atoms with Crippen LogP contribution in [-0.4, -0.2) is 25.6 Å². The molecule has 0 aromatic heterocycles. The van der Waals surface area contributed by atoms with Crippen LogP contribution in [0.3, 0.4) is 0 Å². The quantitative estimate of drug-likeness (QED) is 0.511. The van der Waals surface area contributed by atoms with Crippen molar-refractivity contribution in [3.8, 4) is 11.5 Å². The molecule has 0 N–H and O–H groups in total. The van der Waals surface area contributed by atoms with Gasteiger partial charge in [-0.25, -0.2) is 9.79 Å². The second-order valence-corrected chi connectivity index (χ2v) is 6.52. The van der Waals surface area contributed by atoms with Crippen molar-refractivity contribution < 1.29 is 19.0 Å². The minimum Gasteiger partial charge on any atom is -0.493 e. The third-order valence-corrected chi connectivity index (χ3v) is 4.14. The average molecular weight is 416 g/mol. The predicted octanol–water partition coefficient (Wildman–Crippen LogP) is 4.59. The zero-order valence-corrected chi connectivity index (χ0v) is 16.1. The summed E-state index contributed by atoms with van der Waals surface area (Å²) in [6.45, 7) is 2.62. The van der Waals surface area contributed by atoms with Gasteiger partial charge in [-0.1, -0.05) is 35.0 Å². The van der Waals surface area contributed by atoms with Crippen LogP contribution in [0.4, 0.5) is 0 Å². The molecule has 0 fully saturated rings. The molecule has 2 aromatic carbocycles. The van der Waals surface area contributed by atoms with Crippen molar-refractivity contribution in [1.29, 1.82) is 0 Å². The molecule has 0 unspecified atom stereocenters. The Balaban J connectivity index is 1.90. The molecule has 0 saturated carbocycles. The number of carbonyl (C=O) groups is 1. The zero-order chi connectivity index (χ0) is 18.5. The van der Waals surface area contributed by atoms with Crippen molar-refractivity contribution in [2.75, 3.05) is 13.7 Å². The Morgan fingerprint density at radius 2 is 2.04 bits per heavy atom. The number of hydrogen-bond acceptors (Lipinski definition) is 5. The minimum absolute atomic E-state index is 0.242. The van der Waals surface area contributed by atoms with Gasteiger partial charge in [0.1, 0.15) is 0 Å². The Bertz CT molecular complexity index is 889. The minimum atomic E-state index is -0.480. The molecular weight excluding hydrogens is 398 g/mol. The first kappa shape index (κ1) is 18.2. The van der Waals surface area contributed by atoms with Crippen LogP contribution >= 0.6 is 15.9 Å². The molecule has 1 aliphatic rings. The Morgan fingerprint density at radius 3 is 2.77 bits per heavy atom. The van der Waals surface area contributed by atoms with E-state index < -0.39 is 5.97 Å². The summed E-state index contributed by atoms with van der Waals surface area (Å²) in [5, 5.41) is 0. The van der Waals surface area contributed by atoms with E-state index in [1.807, 2.05) is 43.3 Å². The molecule has 0 saturated heterocycles. The first-order chi connectivity index (χ1) is 12.6. The lowest BCUT2D eigenvalue weighted by Crippen LogP contribution is -2.05. The van der Waals surface area contributed by atoms with Gasteiger partial charge in [0.05, 0.1) is 13.7 Å². The standard InChI is InChI=1S/C20H18BrNO4/c1-3-9-25-18-11-13(7-8-17(18)24-2)10-16-20(23)26-19(22-16)14-5-4-6-15(21)12-14/h4-8,10-12H,3,9H2,1-2H3/b16-10+. The number of methoxy groups -OCH3 is 1. The van der Waals surface area contributed by atoms with Gasteiger partial charge in [-0.15, -0.1) is 0 Å². The van der Waals surface area contributed by atoms with Crippen LogP contribution in [0.1, 0.15) is 24.5 Å². The second kappa shape index (κ2) is 8.19. The molecule has 1 heterocycles. The van der Waals surface area contributed by atoms with Gasteiger partial charge in [0, 0.05) is 10.0 Å². The van der Waals surface area contributed by atoms with Crippen molar-refractivity contribution in [1.82, 2.24) is 0 Å². The molecule has 0 bridgehead atoms. The van der Waals surface area contributed by atoms with Gasteiger partial charge < -0.3 is 14.2 Å². The average Bonchev–Trinajstić information content (AvgIpc) is 3.01. The summed E-state index contributed by atoms with van der Waals surface area (Å²) < 4.78 is 17.2. The molecule has 134 valence electrons. The van der Waals surface area contributed by atoms with Crippen molar-refractivity contribution in [3.63, 3.8) is 0 Å². The molecule has 6 heteroatoms. The van der Waals surface area contributed by atoms with E-state index in [1.165, 1.54) is 0 Å². The molecule has 0 amide bonds. The van der Waals surface area contributed by atoms with E-state index in [0.29, 0.717) is 24.0 Å². The van der Waals surface area contributed by atoms with Crippen molar-refractivity contribution in [3.05, 3.63) is 63.8 Å². The molecule has 0 radical (unpaired) electrons. The largest absolute Gasteiger partial charge is 0.493 e. The lowest BCUT2D eigenvalue weighted by molar-refractivity contribution is -0.129. The Morgan fingerprint density at radius 1 is 1.19 bits per heavy atom. The highest BCUT2D eigenvalue weighted by molar-refractivity contribution is 9.10. The summed E-state index contributed by atoms with van der Waals surface area (Å²) >= 11 is 3.40. The first-order valence-corrected chi connectivity index (χ1v) is 8.99. The summed E-state index contributed by atoms with van der Waals surface area (Å²) in [5.74, 6) is 1.09. The van der Waals surface area contributed by atoms with Crippen LogP contribution < -0.4 is 9.47 Å². The SMILES string of the molecule is CCCOc1cc(/C=C2/N=C(c3cccc(Br)c3)OC2=O)ccc1OC. The van der Waals surface area contributed by atoms with Crippen LogP contribution in [0.25, 0.3) is 6.08 Å². The maximum atomic E-state index is 12.2. The third-order valence-electron chi connectivity index (χ3n) is 3.64. The maximum absolute atomic E-state index is 12.2. The van der Waals surface area contributed by atoms with E-state index in [4.69, 9.17) is 14.2 Å². The van der Waals surface area contributed by atoms with E-state index in [1.54, 1.807) is 19.3 Å². The highest BCUT2D eigenvalue weighted by atomic mass is 79.9. The number of carbonyl (C=O) groups excluding carboxylic acids is 1. The van der Waals surface area contributed by atoms with Gasteiger partial charge in [-0.2, -0.15) is 0 Å². The van der Waals surface area contributed by atoms with Crippen LogP contribution in [0.2, 0.25) is 0 Å². The van der Waals surface area contributed by atoms with Gasteiger partial charge in [-0.05, 0) is 48.4 Å². The zero-order valence-electron chi connectivity index (χ0n) is 14.5. The van der Waals surface area contributed by atoms with Gasteiger partial charge in [0.2, 0.25) is 5.90 Å². The number of hydrogen-bond donors (Lipinski definition) is 0. The molecule has 1 aliphatic heterocycles. The van der Waals surface area contributed by atoms with Gasteiger partial charge in [-0.3, -0.25) is 0 Å². The van der Waals surface area contributed by atoms with Crippen LogP contribution in [0, 0.1) is 0 Å². The fourth-order valence-corrected chi connectivity index (χ4v) is 2.82.